The first-order valence-electron chi connectivity index (χ1n) is 6.91. The van der Waals surface area contributed by atoms with Gasteiger partial charge in [-0.25, -0.2) is 4.39 Å². The molecule has 0 aliphatic rings. The molecule has 108 valence electrons. The third-order valence-electron chi connectivity index (χ3n) is 2.60. The maximum atomic E-state index is 13.5. The smallest absolute Gasteiger partial charge is 0.181 e. The van der Waals surface area contributed by atoms with Crippen LogP contribution in [-0.2, 0) is 6.42 Å². The number of para-hydroxylation sites is 1. The van der Waals surface area contributed by atoms with Crippen molar-refractivity contribution in [2.45, 2.75) is 33.6 Å². The van der Waals surface area contributed by atoms with Gasteiger partial charge in [-0.1, -0.05) is 57.0 Å². The fraction of sp³-hybridized carbons (Fsp3) is 0.294. The van der Waals surface area contributed by atoms with E-state index in [0.29, 0.717) is 5.75 Å². The highest BCUT2D eigenvalue weighted by atomic mass is 35.5. The number of ether oxygens (including phenoxy) is 1. The molecule has 0 unspecified atom stereocenters. The summed E-state index contributed by atoms with van der Waals surface area (Å²) in [7, 11) is 0. The van der Waals surface area contributed by atoms with Crippen LogP contribution in [0.15, 0.2) is 42.5 Å². The molecule has 2 rings (SSSR count). The monoisotopic (exact) mass is 294 g/mol. The van der Waals surface area contributed by atoms with Crippen molar-refractivity contribution in [3.05, 3.63) is 58.9 Å². The summed E-state index contributed by atoms with van der Waals surface area (Å²) in [5.74, 6) is 0.199. The second kappa shape index (κ2) is 8.60. The number of hydrogen-bond acceptors (Lipinski definition) is 1. The van der Waals surface area contributed by atoms with Gasteiger partial charge in [0.15, 0.2) is 11.6 Å². The zero-order valence-corrected chi connectivity index (χ0v) is 12.9. The molecule has 0 aromatic heterocycles. The van der Waals surface area contributed by atoms with E-state index in [2.05, 4.69) is 6.92 Å². The number of halogens is 2. The van der Waals surface area contributed by atoms with Crippen molar-refractivity contribution < 1.29 is 9.13 Å². The van der Waals surface area contributed by atoms with Gasteiger partial charge in [-0.2, -0.15) is 0 Å². The molecule has 0 N–H and O–H groups in total. The third-order valence-corrected chi connectivity index (χ3v) is 2.90. The molecule has 3 heteroatoms. The quantitative estimate of drug-likeness (QED) is 0.647. The molecule has 0 heterocycles. The van der Waals surface area contributed by atoms with Crippen molar-refractivity contribution in [2.75, 3.05) is 0 Å². The van der Waals surface area contributed by atoms with Gasteiger partial charge in [0.25, 0.3) is 0 Å². The zero-order chi connectivity index (χ0) is 15.0. The molecule has 0 saturated heterocycles. The minimum atomic E-state index is -0.458. The molecule has 0 aliphatic carbocycles. The molecule has 0 spiro atoms. The molecule has 20 heavy (non-hydrogen) atoms. The van der Waals surface area contributed by atoms with E-state index in [9.17, 15) is 4.39 Å². The van der Waals surface area contributed by atoms with Crippen LogP contribution in [0.1, 0.15) is 32.8 Å². The Hall–Kier alpha value is -1.54. The van der Waals surface area contributed by atoms with Gasteiger partial charge < -0.3 is 4.74 Å². The van der Waals surface area contributed by atoms with E-state index in [-0.39, 0.29) is 10.8 Å². The molecule has 0 saturated carbocycles. The maximum absolute atomic E-state index is 13.5. The van der Waals surface area contributed by atoms with Crippen LogP contribution in [0.3, 0.4) is 0 Å². The molecule has 0 amide bonds. The van der Waals surface area contributed by atoms with Crippen LogP contribution < -0.4 is 4.74 Å². The van der Waals surface area contributed by atoms with Crippen LogP contribution in [0, 0.1) is 5.82 Å². The Balaban J connectivity index is 0.000000956. The molecule has 1 nitrogen and oxygen atoms in total. The number of hydrogen-bond donors (Lipinski definition) is 0. The van der Waals surface area contributed by atoms with Crippen LogP contribution in [-0.4, -0.2) is 0 Å². The second-order valence-corrected chi connectivity index (χ2v) is 4.45. The highest BCUT2D eigenvalue weighted by Gasteiger charge is 2.09. The van der Waals surface area contributed by atoms with E-state index in [1.165, 1.54) is 11.6 Å². The van der Waals surface area contributed by atoms with Crippen molar-refractivity contribution in [2.24, 2.45) is 0 Å². The second-order valence-electron chi connectivity index (χ2n) is 4.05. The van der Waals surface area contributed by atoms with Crippen molar-refractivity contribution in [3.8, 4) is 11.5 Å². The maximum Gasteiger partial charge on any atom is 0.181 e. The van der Waals surface area contributed by atoms with Gasteiger partial charge in [0.05, 0.1) is 5.02 Å². The zero-order valence-electron chi connectivity index (χ0n) is 12.1. The van der Waals surface area contributed by atoms with Gasteiger partial charge in [0.2, 0.25) is 0 Å². The Morgan fingerprint density at radius 3 is 2.25 bits per heavy atom. The van der Waals surface area contributed by atoms with Gasteiger partial charge in [-0.05, 0) is 36.2 Å². The summed E-state index contributed by atoms with van der Waals surface area (Å²) in [5, 5.41) is 0.271. The van der Waals surface area contributed by atoms with E-state index in [1.54, 1.807) is 12.1 Å². The average Bonchev–Trinajstić information content (AvgIpc) is 2.47. The van der Waals surface area contributed by atoms with Gasteiger partial charge in [0.1, 0.15) is 5.75 Å². The molecule has 2 aromatic rings. The van der Waals surface area contributed by atoms with E-state index >= 15 is 0 Å². The van der Waals surface area contributed by atoms with Gasteiger partial charge in [-0.3, -0.25) is 0 Å². The van der Waals surface area contributed by atoms with Gasteiger partial charge >= 0.3 is 0 Å². The predicted molar refractivity (Wildman–Crippen MR) is 83.3 cm³/mol. The normalized spacial score (nSPS) is 9.65. The number of benzene rings is 2. The predicted octanol–water partition coefficient (Wildman–Crippen LogP) is 6.25. The molecular weight excluding hydrogens is 275 g/mol. The molecule has 0 radical (unpaired) electrons. The molecule has 0 atom stereocenters. The van der Waals surface area contributed by atoms with Gasteiger partial charge in [0, 0.05) is 0 Å². The Kier molecular flexibility index (Phi) is 7.10. The largest absolute Gasteiger partial charge is 0.453 e. The molecule has 0 bridgehead atoms. The van der Waals surface area contributed by atoms with Crippen LogP contribution in [0.4, 0.5) is 4.39 Å². The molecule has 2 aromatic carbocycles. The van der Waals surface area contributed by atoms with Crippen LogP contribution >= 0.6 is 11.6 Å². The lowest BCUT2D eigenvalue weighted by Gasteiger charge is -2.09. The first-order valence-corrected chi connectivity index (χ1v) is 7.29. The molecule has 0 fully saturated rings. The summed E-state index contributed by atoms with van der Waals surface area (Å²) in [5.41, 5.74) is 1.24. The third kappa shape index (κ3) is 4.53. The minimum absolute atomic E-state index is 0.0717. The summed E-state index contributed by atoms with van der Waals surface area (Å²) >= 11 is 5.90. The number of aryl methyl sites for hydroxylation is 1. The Bertz CT molecular complexity index is 503. The van der Waals surface area contributed by atoms with Crippen molar-refractivity contribution in [1.29, 1.82) is 0 Å². The lowest BCUT2D eigenvalue weighted by Crippen LogP contribution is -1.90. The fourth-order valence-electron chi connectivity index (χ4n) is 1.71. The lowest BCUT2D eigenvalue weighted by molar-refractivity contribution is 0.442. The number of rotatable bonds is 4. The summed E-state index contributed by atoms with van der Waals surface area (Å²) < 4.78 is 19.0. The van der Waals surface area contributed by atoms with E-state index < -0.39 is 5.82 Å². The fourth-order valence-corrected chi connectivity index (χ4v) is 1.91. The topological polar surface area (TPSA) is 9.23 Å². The molecular formula is C17H20ClFO. The highest BCUT2D eigenvalue weighted by Crippen LogP contribution is 2.31. The summed E-state index contributed by atoms with van der Waals surface area (Å²) in [6.07, 6.45) is 2.13. The van der Waals surface area contributed by atoms with E-state index in [4.69, 9.17) is 16.3 Å². The Labute approximate surface area is 125 Å². The average molecular weight is 295 g/mol. The first-order chi connectivity index (χ1) is 9.70. The summed E-state index contributed by atoms with van der Waals surface area (Å²) in [6, 6.07) is 12.1. The van der Waals surface area contributed by atoms with Crippen LogP contribution in [0.2, 0.25) is 5.02 Å². The molecule has 0 aliphatic heterocycles. The van der Waals surface area contributed by atoms with E-state index in [1.807, 2.05) is 38.1 Å². The SMILES string of the molecule is CC.CCCc1ccc(Oc2c(F)cccc2Cl)cc1. The van der Waals surface area contributed by atoms with E-state index in [0.717, 1.165) is 12.8 Å². The van der Waals surface area contributed by atoms with Gasteiger partial charge in [-0.15, -0.1) is 0 Å². The minimum Gasteiger partial charge on any atom is -0.453 e. The first kappa shape index (κ1) is 16.5. The standard InChI is InChI=1S/C15H14ClFO.C2H6/c1-2-4-11-7-9-12(10-8-11)18-15-13(16)5-3-6-14(15)17;1-2/h3,5-10H,2,4H2,1H3;1-2H3. The highest BCUT2D eigenvalue weighted by molar-refractivity contribution is 6.32. The lowest BCUT2D eigenvalue weighted by atomic mass is 10.1. The van der Waals surface area contributed by atoms with Crippen LogP contribution in [0.25, 0.3) is 0 Å². The van der Waals surface area contributed by atoms with Crippen molar-refractivity contribution in [3.63, 3.8) is 0 Å². The van der Waals surface area contributed by atoms with Crippen molar-refractivity contribution in [1.82, 2.24) is 0 Å². The summed E-state index contributed by atoms with van der Waals surface area (Å²) in [6.45, 7) is 6.13. The Morgan fingerprint density at radius 1 is 1.05 bits per heavy atom. The van der Waals surface area contributed by atoms with Crippen molar-refractivity contribution >= 4 is 11.6 Å². The summed E-state index contributed by atoms with van der Waals surface area (Å²) in [4.78, 5) is 0. The van der Waals surface area contributed by atoms with Crippen LogP contribution in [0.5, 0.6) is 11.5 Å². The Morgan fingerprint density at radius 2 is 1.70 bits per heavy atom.